The van der Waals surface area contributed by atoms with Crippen molar-refractivity contribution in [2.45, 2.75) is 25.3 Å². The van der Waals surface area contributed by atoms with Gasteiger partial charge in [-0.1, -0.05) is 28.1 Å². The van der Waals surface area contributed by atoms with Crippen LogP contribution in [0, 0.1) is 0 Å². The Balaban J connectivity index is 2.10. The van der Waals surface area contributed by atoms with Crippen molar-refractivity contribution in [2.75, 3.05) is 0 Å². The molecule has 0 saturated heterocycles. The van der Waals surface area contributed by atoms with Gasteiger partial charge in [-0.25, -0.2) is 4.98 Å². The number of nitrogens with two attached hydrogens (primary N) is 1. The van der Waals surface area contributed by atoms with Crippen LogP contribution in [-0.4, -0.2) is 9.55 Å². The summed E-state index contributed by atoms with van der Waals surface area (Å²) in [6, 6.07) is 8.19. The number of hydrogen-bond acceptors (Lipinski definition) is 2. The number of hydrogen-bond donors (Lipinski definition) is 1. The van der Waals surface area contributed by atoms with E-state index < -0.39 is 0 Å². The molecule has 18 heavy (non-hydrogen) atoms. The van der Waals surface area contributed by atoms with E-state index in [0.29, 0.717) is 0 Å². The van der Waals surface area contributed by atoms with Gasteiger partial charge in [-0.3, -0.25) is 0 Å². The van der Waals surface area contributed by atoms with Crippen LogP contribution in [0.25, 0.3) is 0 Å². The number of aryl methyl sites for hydroxylation is 2. The summed E-state index contributed by atoms with van der Waals surface area (Å²) in [6.07, 6.45) is 5.53. The number of rotatable bonds is 4. The topological polar surface area (TPSA) is 43.8 Å². The number of nitrogens with zero attached hydrogens (tertiary/aromatic N) is 2. The van der Waals surface area contributed by atoms with Crippen LogP contribution in [-0.2, 0) is 19.0 Å². The van der Waals surface area contributed by atoms with Crippen LogP contribution in [0.2, 0.25) is 0 Å². The fourth-order valence-corrected chi connectivity index (χ4v) is 2.40. The molecule has 0 amide bonds. The Bertz CT molecular complexity index is 531. The maximum Gasteiger partial charge on any atom is 0.108 e. The lowest BCUT2D eigenvalue weighted by Crippen LogP contribution is -2.33. The second kappa shape index (κ2) is 5.24. The molecule has 2 rings (SSSR count). The highest BCUT2D eigenvalue weighted by atomic mass is 79.9. The smallest absolute Gasteiger partial charge is 0.108 e. The van der Waals surface area contributed by atoms with Crippen molar-refractivity contribution in [3.05, 3.63) is 52.5 Å². The summed E-state index contributed by atoms with van der Waals surface area (Å²) in [6.45, 7) is 2.07. The van der Waals surface area contributed by atoms with Gasteiger partial charge >= 0.3 is 0 Å². The summed E-state index contributed by atoms with van der Waals surface area (Å²) in [5, 5.41) is 0. The summed E-state index contributed by atoms with van der Waals surface area (Å²) in [7, 11) is 2.01. The van der Waals surface area contributed by atoms with E-state index in [1.807, 2.05) is 36.1 Å². The normalized spacial score (nSPS) is 14.4. The molecule has 0 spiro atoms. The van der Waals surface area contributed by atoms with E-state index in [1.165, 1.54) is 0 Å². The molecule has 0 bridgehead atoms. The molecule has 1 aromatic carbocycles. The fourth-order valence-electron chi connectivity index (χ4n) is 2.00. The van der Waals surface area contributed by atoms with Crippen molar-refractivity contribution in [1.82, 2.24) is 9.55 Å². The van der Waals surface area contributed by atoms with Crippen LogP contribution in [0.1, 0.15) is 24.7 Å². The van der Waals surface area contributed by atoms with E-state index in [2.05, 4.69) is 40.0 Å². The van der Waals surface area contributed by atoms with Gasteiger partial charge in [-0.15, -0.1) is 0 Å². The van der Waals surface area contributed by atoms with Crippen LogP contribution >= 0.6 is 15.9 Å². The average Bonchev–Trinajstić information content (AvgIpc) is 2.72. The van der Waals surface area contributed by atoms with Crippen molar-refractivity contribution >= 4 is 15.9 Å². The zero-order valence-electron chi connectivity index (χ0n) is 10.7. The van der Waals surface area contributed by atoms with Crippen LogP contribution in [0.5, 0.6) is 0 Å². The summed E-state index contributed by atoms with van der Waals surface area (Å²) < 4.78 is 3.10. The molecule has 1 aromatic heterocycles. The molecule has 1 atom stereocenters. The summed E-state index contributed by atoms with van der Waals surface area (Å²) in [5.41, 5.74) is 7.22. The molecule has 96 valence electrons. The zero-order valence-corrected chi connectivity index (χ0v) is 12.3. The first kappa shape index (κ1) is 13.3. The molecule has 0 aliphatic carbocycles. The predicted molar refractivity (Wildman–Crippen MR) is 77.2 cm³/mol. The first-order valence-electron chi connectivity index (χ1n) is 6.00. The highest BCUT2D eigenvalue weighted by molar-refractivity contribution is 9.10. The summed E-state index contributed by atoms with van der Waals surface area (Å²) >= 11 is 3.48. The molecular weight excluding hydrogens is 290 g/mol. The number of halogens is 1. The molecule has 0 radical (unpaired) electrons. The van der Waals surface area contributed by atoms with Crippen LogP contribution in [0.4, 0.5) is 0 Å². The maximum atomic E-state index is 6.42. The SMILES string of the molecule is Cn1ccnc1CCC(C)(N)c1cccc(Br)c1. The van der Waals surface area contributed by atoms with Crippen LogP contribution in [0.3, 0.4) is 0 Å². The summed E-state index contributed by atoms with van der Waals surface area (Å²) in [5.74, 6) is 1.07. The quantitative estimate of drug-likeness (QED) is 0.943. The van der Waals surface area contributed by atoms with Gasteiger partial charge in [-0.2, -0.15) is 0 Å². The Hall–Kier alpha value is -1.13. The lowest BCUT2D eigenvalue weighted by Gasteiger charge is -2.25. The third kappa shape index (κ3) is 3.00. The standard InChI is InChI=1S/C14H18BrN3/c1-14(16,11-4-3-5-12(15)10-11)7-6-13-17-8-9-18(13)2/h3-5,8-10H,6-7,16H2,1-2H3. The van der Waals surface area contributed by atoms with Gasteiger partial charge in [0, 0.05) is 35.9 Å². The van der Waals surface area contributed by atoms with E-state index in [4.69, 9.17) is 5.73 Å². The molecule has 2 aromatic rings. The Morgan fingerprint density at radius 3 is 2.83 bits per heavy atom. The minimum atomic E-state index is -0.338. The largest absolute Gasteiger partial charge is 0.338 e. The number of aromatic nitrogens is 2. The van der Waals surface area contributed by atoms with E-state index in [9.17, 15) is 0 Å². The Kier molecular flexibility index (Phi) is 3.88. The minimum Gasteiger partial charge on any atom is -0.338 e. The van der Waals surface area contributed by atoms with Gasteiger partial charge in [0.25, 0.3) is 0 Å². The Morgan fingerprint density at radius 2 is 2.22 bits per heavy atom. The van der Waals surface area contributed by atoms with Gasteiger partial charge in [0.05, 0.1) is 0 Å². The monoisotopic (exact) mass is 307 g/mol. The number of imidazole rings is 1. The van der Waals surface area contributed by atoms with Crippen molar-refractivity contribution in [3.63, 3.8) is 0 Å². The molecule has 2 N–H and O–H groups in total. The van der Waals surface area contributed by atoms with Gasteiger partial charge in [0.15, 0.2) is 0 Å². The van der Waals surface area contributed by atoms with Crippen LogP contribution in [0.15, 0.2) is 41.1 Å². The van der Waals surface area contributed by atoms with Crippen molar-refractivity contribution in [1.29, 1.82) is 0 Å². The van der Waals surface area contributed by atoms with E-state index >= 15 is 0 Å². The molecule has 3 nitrogen and oxygen atoms in total. The first-order chi connectivity index (χ1) is 8.49. The van der Waals surface area contributed by atoms with Crippen molar-refractivity contribution in [2.24, 2.45) is 12.8 Å². The molecule has 0 fully saturated rings. The van der Waals surface area contributed by atoms with E-state index in [0.717, 1.165) is 28.7 Å². The predicted octanol–water partition coefficient (Wildman–Crippen LogP) is 2.99. The van der Waals surface area contributed by atoms with E-state index in [1.54, 1.807) is 0 Å². The third-order valence-corrected chi connectivity index (χ3v) is 3.77. The molecule has 0 aliphatic heterocycles. The Labute approximate surface area is 116 Å². The van der Waals surface area contributed by atoms with E-state index in [-0.39, 0.29) is 5.54 Å². The lowest BCUT2D eigenvalue weighted by atomic mass is 9.88. The highest BCUT2D eigenvalue weighted by Crippen LogP contribution is 2.25. The second-order valence-electron chi connectivity index (χ2n) is 4.88. The molecule has 4 heteroatoms. The molecule has 1 heterocycles. The second-order valence-corrected chi connectivity index (χ2v) is 5.80. The van der Waals surface area contributed by atoms with Crippen LogP contribution < -0.4 is 5.73 Å². The molecule has 0 saturated carbocycles. The first-order valence-corrected chi connectivity index (χ1v) is 6.79. The summed E-state index contributed by atoms with van der Waals surface area (Å²) in [4.78, 5) is 4.33. The molecule has 0 aliphatic rings. The Morgan fingerprint density at radius 1 is 1.44 bits per heavy atom. The fraction of sp³-hybridized carbons (Fsp3) is 0.357. The zero-order chi connectivity index (χ0) is 13.2. The van der Waals surface area contributed by atoms with Crippen molar-refractivity contribution in [3.8, 4) is 0 Å². The van der Waals surface area contributed by atoms with Crippen molar-refractivity contribution < 1.29 is 0 Å². The minimum absolute atomic E-state index is 0.338. The van der Waals surface area contributed by atoms with Gasteiger partial charge < -0.3 is 10.3 Å². The lowest BCUT2D eigenvalue weighted by molar-refractivity contribution is 0.444. The maximum absolute atomic E-state index is 6.42. The average molecular weight is 308 g/mol. The number of benzene rings is 1. The van der Waals surface area contributed by atoms with Gasteiger partial charge in [0.2, 0.25) is 0 Å². The molecular formula is C14H18BrN3. The highest BCUT2D eigenvalue weighted by Gasteiger charge is 2.21. The van der Waals surface area contributed by atoms with Gasteiger partial charge in [-0.05, 0) is 31.0 Å². The molecule has 1 unspecified atom stereocenters. The van der Waals surface area contributed by atoms with Gasteiger partial charge in [0.1, 0.15) is 5.82 Å². The third-order valence-electron chi connectivity index (χ3n) is 3.27.